The van der Waals surface area contributed by atoms with Crippen LogP contribution in [0, 0.1) is 16.8 Å². The number of pyridine rings is 1. The van der Waals surface area contributed by atoms with Crippen LogP contribution in [-0.4, -0.2) is 80.4 Å². The van der Waals surface area contributed by atoms with Crippen LogP contribution in [-0.2, 0) is 4.74 Å². The minimum atomic E-state index is -0.374. The van der Waals surface area contributed by atoms with Crippen LogP contribution in [0.15, 0.2) is 76.8 Å². The van der Waals surface area contributed by atoms with E-state index in [2.05, 4.69) is 43.7 Å². The van der Waals surface area contributed by atoms with Gasteiger partial charge in [0.15, 0.2) is 0 Å². The highest BCUT2D eigenvalue weighted by molar-refractivity contribution is 6.09. The molecule has 0 saturated carbocycles. The summed E-state index contributed by atoms with van der Waals surface area (Å²) in [7, 11) is 4.00. The summed E-state index contributed by atoms with van der Waals surface area (Å²) in [6, 6.07) is 19.2. The van der Waals surface area contributed by atoms with Crippen LogP contribution in [0.4, 0.5) is 10.5 Å². The topological polar surface area (TPSA) is 130 Å². The fourth-order valence-corrected chi connectivity index (χ4v) is 6.33. The highest BCUT2D eigenvalue weighted by Gasteiger charge is 2.33. The zero-order valence-electron chi connectivity index (χ0n) is 30.6. The molecule has 51 heavy (non-hydrogen) atoms. The zero-order valence-corrected chi connectivity index (χ0v) is 30.6. The first kappa shape index (κ1) is 36.0. The Morgan fingerprint density at radius 1 is 1.10 bits per heavy atom. The molecule has 0 bridgehead atoms. The fourth-order valence-electron chi connectivity index (χ4n) is 6.33. The Labute approximate surface area is 300 Å². The van der Waals surface area contributed by atoms with Gasteiger partial charge in [-0.05, 0) is 68.6 Å². The van der Waals surface area contributed by atoms with E-state index in [1.807, 2.05) is 89.6 Å². The number of hydrogen-bond donors (Lipinski definition) is 3. The zero-order chi connectivity index (χ0) is 36.1. The highest BCUT2D eigenvalue weighted by Crippen LogP contribution is 2.38. The summed E-state index contributed by atoms with van der Waals surface area (Å²) >= 11 is 0. The number of morpholine rings is 1. The molecule has 3 N–H and O–H groups in total. The number of carbonyl (C=O) groups excluding carboxylic acids is 1. The van der Waals surface area contributed by atoms with Gasteiger partial charge in [-0.2, -0.15) is 4.24 Å². The van der Waals surface area contributed by atoms with Crippen molar-refractivity contribution in [3.63, 3.8) is 0 Å². The first-order valence-corrected chi connectivity index (χ1v) is 17.8. The quantitative estimate of drug-likeness (QED) is 0.147. The molecule has 3 atom stereocenters. The summed E-state index contributed by atoms with van der Waals surface area (Å²) in [5, 5.41) is 14.9. The number of urea groups is 1. The molecule has 1 fully saturated rings. The van der Waals surface area contributed by atoms with Crippen molar-refractivity contribution in [2.75, 3.05) is 47.0 Å². The van der Waals surface area contributed by atoms with E-state index < -0.39 is 0 Å². The Morgan fingerprint density at radius 2 is 1.90 bits per heavy atom. The number of aliphatic imine (C=N–C) groups is 1. The smallest absolute Gasteiger partial charge is 0.357 e. The predicted octanol–water partition coefficient (Wildman–Crippen LogP) is 5.00. The minimum absolute atomic E-state index is 0.166. The van der Waals surface area contributed by atoms with Gasteiger partial charge in [0, 0.05) is 30.8 Å². The number of nitrogens with zero attached hydrogens (tertiary/aromatic N) is 5. The maximum absolute atomic E-state index is 13.6. The molecule has 0 radical (unpaired) electrons. The van der Waals surface area contributed by atoms with Crippen molar-refractivity contribution in [3.8, 4) is 11.5 Å². The van der Waals surface area contributed by atoms with Crippen LogP contribution in [0.5, 0.6) is 11.5 Å². The first-order valence-electron chi connectivity index (χ1n) is 17.8. The second kappa shape index (κ2) is 15.6. The van der Waals surface area contributed by atoms with Gasteiger partial charge < -0.3 is 29.8 Å². The molecule has 270 valence electrons. The first-order chi connectivity index (χ1) is 24.4. The lowest BCUT2D eigenvalue weighted by Crippen LogP contribution is -2.57. The molecule has 6 rings (SSSR count). The summed E-state index contributed by atoms with van der Waals surface area (Å²) in [4.78, 5) is 27.4. The fraction of sp³-hybridized carbons (Fsp3) is 0.462. The van der Waals surface area contributed by atoms with Crippen molar-refractivity contribution < 1.29 is 23.2 Å². The van der Waals surface area contributed by atoms with E-state index in [-0.39, 0.29) is 36.1 Å². The van der Waals surface area contributed by atoms with E-state index in [9.17, 15) is 4.79 Å². The third-order valence-corrected chi connectivity index (χ3v) is 9.37. The number of amides is 2. The number of benzene rings is 2. The maximum atomic E-state index is 13.6. The molecular weight excluding hydrogens is 644 g/mol. The molecule has 3 heterocycles. The number of carbonyl (C=O) groups is 1. The van der Waals surface area contributed by atoms with Gasteiger partial charge in [0.1, 0.15) is 36.2 Å². The molecule has 0 spiro atoms. The molecule has 2 aromatic carbocycles. The van der Waals surface area contributed by atoms with E-state index in [0.29, 0.717) is 49.2 Å². The van der Waals surface area contributed by atoms with Gasteiger partial charge in [0.05, 0.1) is 37.5 Å². The average Bonchev–Trinajstić information content (AvgIpc) is 3.07. The monoisotopic (exact) mass is 695 g/mol. The van der Waals surface area contributed by atoms with Crippen LogP contribution < -0.4 is 29.8 Å². The Kier molecular flexibility index (Phi) is 11.0. The van der Waals surface area contributed by atoms with E-state index in [4.69, 9.17) is 29.6 Å². The van der Waals surface area contributed by atoms with Crippen molar-refractivity contribution in [1.29, 1.82) is 5.41 Å². The van der Waals surface area contributed by atoms with Gasteiger partial charge in [0.25, 0.3) is 0 Å². The lowest BCUT2D eigenvalue weighted by molar-refractivity contribution is -0.579. The number of ether oxygens (including phenoxy) is 3. The Balaban J connectivity index is 1.15. The van der Waals surface area contributed by atoms with Gasteiger partial charge in [-0.25, -0.2) is 9.79 Å². The second-order valence-corrected chi connectivity index (χ2v) is 14.7. The number of aromatic nitrogens is 1. The molecule has 2 aliphatic heterocycles. The molecule has 1 aromatic heterocycles. The Hall–Kier alpha value is -4.81. The number of rotatable bonds is 11. The maximum Gasteiger partial charge on any atom is 0.357 e. The minimum Gasteiger partial charge on any atom is -0.492 e. The third-order valence-electron chi connectivity index (χ3n) is 9.37. The van der Waals surface area contributed by atoms with E-state index in [1.165, 1.54) is 0 Å². The van der Waals surface area contributed by atoms with Crippen LogP contribution in [0.1, 0.15) is 70.2 Å². The molecular formula is C39H51N8O4+. The molecule has 3 aliphatic rings. The van der Waals surface area contributed by atoms with Gasteiger partial charge >= 0.3 is 12.0 Å². The lowest BCUT2D eigenvalue weighted by Gasteiger charge is -2.32. The highest BCUT2D eigenvalue weighted by atomic mass is 16.5. The Bertz CT molecular complexity index is 1900. The number of amidine groups is 1. The lowest BCUT2D eigenvalue weighted by atomic mass is 9.85. The number of fused-ring (bicyclic) bond motifs is 2. The summed E-state index contributed by atoms with van der Waals surface area (Å²) in [5.74, 6) is 2.79. The summed E-state index contributed by atoms with van der Waals surface area (Å²) in [5.41, 5.74) is 3.71. The van der Waals surface area contributed by atoms with E-state index in [0.717, 1.165) is 47.8 Å². The van der Waals surface area contributed by atoms with E-state index >= 15 is 0 Å². The van der Waals surface area contributed by atoms with Gasteiger partial charge in [0.2, 0.25) is 5.49 Å². The normalized spacial score (nSPS) is 20.1. The van der Waals surface area contributed by atoms with Gasteiger partial charge in [-0.1, -0.05) is 56.1 Å². The molecule has 2 amide bonds. The SMILES string of the molecule is CC1COCCN1C1=[n+]2cc(OC3CCC(NC(=O)NC(CC(=N)C(C)(C)C)=Nc4cccc(OCCN(C)C)c4)c4ccccc43)ccc2=N1. The number of likely N-dealkylation sites (N-methyl/N-ethyl adjacent to an activating group) is 1. The molecule has 12 heteroatoms. The second-order valence-electron chi connectivity index (χ2n) is 14.7. The van der Waals surface area contributed by atoms with Crippen LogP contribution >= 0.6 is 0 Å². The summed E-state index contributed by atoms with van der Waals surface area (Å²) < 4.78 is 20.2. The molecule has 3 aromatic rings. The van der Waals surface area contributed by atoms with Crippen molar-refractivity contribution >= 4 is 23.3 Å². The largest absolute Gasteiger partial charge is 0.492 e. The van der Waals surface area contributed by atoms with Crippen LogP contribution in [0.3, 0.4) is 0 Å². The van der Waals surface area contributed by atoms with E-state index in [1.54, 1.807) is 0 Å². The van der Waals surface area contributed by atoms with Crippen molar-refractivity contribution in [2.24, 2.45) is 15.4 Å². The number of nitrogens with one attached hydrogen (secondary N) is 3. The molecule has 1 aliphatic carbocycles. The summed E-state index contributed by atoms with van der Waals surface area (Å²) in [6.45, 7) is 11.6. The van der Waals surface area contributed by atoms with Crippen molar-refractivity contribution in [2.45, 2.75) is 65.1 Å². The standard InChI is InChI=1S/C39H50N8O4/c1-26-25-49-20-19-46(26)38-44-36-17-14-29(24-47(36)38)51-33-16-15-32(30-12-7-8-13-31(30)33)42-37(48)43-35(23-34(40)39(2,3)4)41-27-10-9-11-28(22-27)50-21-18-45(5)6/h7-14,17,22,24,26,32-33,40H,15-16,18-21,23,25H2,1-6H3,(H-,41,42,43,48)/p+1. The predicted molar refractivity (Wildman–Crippen MR) is 196 cm³/mol. The average molecular weight is 696 g/mol. The molecule has 12 nitrogen and oxygen atoms in total. The van der Waals surface area contributed by atoms with Crippen molar-refractivity contribution in [3.05, 3.63) is 89.4 Å². The number of hydrogen-bond acceptors (Lipinski definition) is 9. The molecule has 3 unspecified atom stereocenters. The van der Waals surface area contributed by atoms with Gasteiger partial charge in [-0.3, -0.25) is 10.2 Å². The summed E-state index contributed by atoms with van der Waals surface area (Å²) in [6.07, 6.45) is 3.47. The van der Waals surface area contributed by atoms with Gasteiger partial charge in [-0.15, -0.1) is 0 Å². The molecule has 1 saturated heterocycles. The van der Waals surface area contributed by atoms with Crippen molar-refractivity contribution in [1.82, 2.24) is 20.4 Å². The Morgan fingerprint density at radius 3 is 2.67 bits per heavy atom. The third kappa shape index (κ3) is 8.92. The van der Waals surface area contributed by atoms with Crippen LogP contribution in [0.2, 0.25) is 0 Å². The van der Waals surface area contributed by atoms with Crippen LogP contribution in [0.25, 0.3) is 0 Å².